The lowest BCUT2D eigenvalue weighted by Crippen LogP contribution is -2.33. The summed E-state index contributed by atoms with van der Waals surface area (Å²) in [6, 6.07) is 3.22. The van der Waals surface area contributed by atoms with E-state index in [0.29, 0.717) is 36.1 Å². The maximum atomic E-state index is 13.2. The van der Waals surface area contributed by atoms with E-state index in [-0.39, 0.29) is 23.3 Å². The van der Waals surface area contributed by atoms with Crippen LogP contribution in [0.4, 0.5) is 24.7 Å². The van der Waals surface area contributed by atoms with Gasteiger partial charge in [-0.15, -0.1) is 0 Å². The number of fused-ring (bicyclic) bond motifs is 3. The van der Waals surface area contributed by atoms with Crippen molar-refractivity contribution in [1.29, 1.82) is 0 Å². The van der Waals surface area contributed by atoms with Crippen molar-refractivity contribution < 1.29 is 22.7 Å². The highest BCUT2D eigenvalue weighted by Crippen LogP contribution is 2.39. The maximum Gasteiger partial charge on any atom is 0.416 e. The third kappa shape index (κ3) is 3.89. The zero-order valence-electron chi connectivity index (χ0n) is 17.3. The molecule has 0 unspecified atom stereocenters. The van der Waals surface area contributed by atoms with Gasteiger partial charge in [0.25, 0.3) is 0 Å². The van der Waals surface area contributed by atoms with E-state index >= 15 is 0 Å². The van der Waals surface area contributed by atoms with Gasteiger partial charge < -0.3 is 19.9 Å². The molecule has 31 heavy (non-hydrogen) atoms. The number of aryl methyl sites for hydroxylation is 1. The molecule has 0 fully saturated rings. The Bertz CT molecular complexity index is 1140. The number of benzene rings is 1. The molecule has 2 N–H and O–H groups in total. The zero-order valence-corrected chi connectivity index (χ0v) is 17.3. The number of halogens is 3. The van der Waals surface area contributed by atoms with Crippen LogP contribution in [0.25, 0.3) is 11.0 Å². The minimum atomic E-state index is -4.49. The Hall–Kier alpha value is -3.30. The standard InChI is InChI=1S/C21H22F3N5O2/c1-29(2)20(30)11-4-6-14-13(8-11)17-18(27-14)25-10-26-19(17)28-15-9-12(21(22,23)24)5-7-16(15)31-3/h5,7,9-11H,4,6,8H2,1-3H3,(H2,25,26,27,28)/t11-/m0/s1. The highest BCUT2D eigenvalue weighted by Gasteiger charge is 2.32. The summed E-state index contributed by atoms with van der Waals surface area (Å²) in [4.78, 5) is 25.9. The van der Waals surface area contributed by atoms with Crippen LogP contribution in [0.2, 0.25) is 0 Å². The molecule has 164 valence electrons. The number of alkyl halides is 3. The van der Waals surface area contributed by atoms with Crippen molar-refractivity contribution in [2.24, 2.45) is 5.92 Å². The number of anilines is 2. The Balaban J connectivity index is 1.77. The van der Waals surface area contributed by atoms with Crippen LogP contribution in [0.15, 0.2) is 24.5 Å². The lowest BCUT2D eigenvalue weighted by atomic mass is 9.85. The Morgan fingerprint density at radius 3 is 2.74 bits per heavy atom. The van der Waals surface area contributed by atoms with Gasteiger partial charge in [0, 0.05) is 25.7 Å². The number of carbonyl (C=O) groups excluding carboxylic acids is 1. The number of hydrogen-bond donors (Lipinski definition) is 2. The topological polar surface area (TPSA) is 83.1 Å². The van der Waals surface area contributed by atoms with Crippen molar-refractivity contribution in [1.82, 2.24) is 19.9 Å². The van der Waals surface area contributed by atoms with Crippen molar-refractivity contribution >= 4 is 28.4 Å². The van der Waals surface area contributed by atoms with E-state index in [9.17, 15) is 18.0 Å². The first-order valence-corrected chi connectivity index (χ1v) is 9.77. The minimum Gasteiger partial charge on any atom is -0.495 e. The SMILES string of the molecule is COc1ccc(C(F)(F)F)cc1Nc1ncnc2[nH]c3c(c12)C[C@@H](C(=O)N(C)C)CC3. The molecule has 4 rings (SSSR count). The van der Waals surface area contributed by atoms with Crippen LogP contribution in [0, 0.1) is 5.92 Å². The molecule has 1 amide bonds. The van der Waals surface area contributed by atoms with Crippen molar-refractivity contribution in [3.05, 3.63) is 41.3 Å². The number of aromatic nitrogens is 3. The van der Waals surface area contributed by atoms with Crippen LogP contribution >= 0.6 is 0 Å². The first-order valence-electron chi connectivity index (χ1n) is 9.77. The average Bonchev–Trinajstić information content (AvgIpc) is 3.11. The van der Waals surface area contributed by atoms with Crippen molar-refractivity contribution in [2.45, 2.75) is 25.4 Å². The predicted molar refractivity (Wildman–Crippen MR) is 109 cm³/mol. The van der Waals surface area contributed by atoms with Gasteiger partial charge in [0.2, 0.25) is 5.91 Å². The molecule has 1 aromatic carbocycles. The van der Waals surface area contributed by atoms with Crippen LogP contribution in [-0.4, -0.2) is 47.0 Å². The highest BCUT2D eigenvalue weighted by molar-refractivity contribution is 5.94. The molecule has 0 saturated heterocycles. The smallest absolute Gasteiger partial charge is 0.416 e. The number of nitrogens with one attached hydrogen (secondary N) is 2. The fourth-order valence-corrected chi connectivity index (χ4v) is 4.02. The Morgan fingerprint density at radius 2 is 2.06 bits per heavy atom. The second-order valence-electron chi connectivity index (χ2n) is 7.74. The number of hydrogen-bond acceptors (Lipinski definition) is 5. The first-order chi connectivity index (χ1) is 14.7. The molecule has 0 saturated carbocycles. The van der Waals surface area contributed by atoms with E-state index in [2.05, 4.69) is 20.3 Å². The molecule has 1 aliphatic carbocycles. The van der Waals surface area contributed by atoms with E-state index in [1.54, 1.807) is 19.0 Å². The number of H-pyrrole nitrogens is 1. The molecular formula is C21H22F3N5O2. The fourth-order valence-electron chi connectivity index (χ4n) is 4.02. The van der Waals surface area contributed by atoms with Gasteiger partial charge in [0.15, 0.2) is 0 Å². The normalized spacial score (nSPS) is 16.1. The minimum absolute atomic E-state index is 0.0471. The van der Waals surface area contributed by atoms with E-state index < -0.39 is 11.7 Å². The summed E-state index contributed by atoms with van der Waals surface area (Å²) in [5.74, 6) is 0.492. The van der Waals surface area contributed by atoms with Gasteiger partial charge in [0.1, 0.15) is 23.5 Å². The maximum absolute atomic E-state index is 13.2. The summed E-state index contributed by atoms with van der Waals surface area (Å²) in [5.41, 5.74) is 1.80. The summed E-state index contributed by atoms with van der Waals surface area (Å²) >= 11 is 0. The molecule has 1 atom stereocenters. The van der Waals surface area contributed by atoms with Crippen molar-refractivity contribution in [3.8, 4) is 5.75 Å². The highest BCUT2D eigenvalue weighted by atomic mass is 19.4. The van der Waals surface area contributed by atoms with Gasteiger partial charge in [0.05, 0.1) is 23.7 Å². The summed E-state index contributed by atoms with van der Waals surface area (Å²) in [6.45, 7) is 0. The van der Waals surface area contributed by atoms with Gasteiger partial charge in [-0.1, -0.05) is 0 Å². The molecule has 0 bridgehead atoms. The third-order valence-corrected chi connectivity index (χ3v) is 5.55. The molecular weight excluding hydrogens is 411 g/mol. The molecule has 1 aliphatic rings. The second kappa shape index (κ2) is 7.75. The summed E-state index contributed by atoms with van der Waals surface area (Å²) in [5, 5.41) is 3.66. The fraction of sp³-hybridized carbons (Fsp3) is 0.381. The zero-order chi connectivity index (χ0) is 22.3. The van der Waals surface area contributed by atoms with Crippen molar-refractivity contribution in [2.75, 3.05) is 26.5 Å². The summed E-state index contributed by atoms with van der Waals surface area (Å²) in [6.07, 6.45) is -1.24. The number of aromatic amines is 1. The molecule has 3 aromatic rings. The summed E-state index contributed by atoms with van der Waals surface area (Å²) < 4.78 is 44.9. The van der Waals surface area contributed by atoms with Crippen LogP contribution in [0.3, 0.4) is 0 Å². The number of ether oxygens (including phenoxy) is 1. The van der Waals surface area contributed by atoms with Gasteiger partial charge in [-0.3, -0.25) is 4.79 Å². The Morgan fingerprint density at radius 1 is 1.29 bits per heavy atom. The number of rotatable bonds is 4. The number of carbonyl (C=O) groups is 1. The molecule has 7 nitrogen and oxygen atoms in total. The average molecular weight is 433 g/mol. The predicted octanol–water partition coefficient (Wildman–Crippen LogP) is 3.92. The number of amides is 1. The summed E-state index contributed by atoms with van der Waals surface area (Å²) in [7, 11) is 4.84. The van der Waals surface area contributed by atoms with Crippen LogP contribution < -0.4 is 10.1 Å². The molecule has 2 heterocycles. The number of methoxy groups -OCH3 is 1. The molecule has 0 aliphatic heterocycles. The lowest BCUT2D eigenvalue weighted by molar-refractivity contribution is -0.137. The van der Waals surface area contributed by atoms with Crippen LogP contribution in [0.5, 0.6) is 5.75 Å². The van der Waals surface area contributed by atoms with E-state index in [4.69, 9.17) is 4.74 Å². The van der Waals surface area contributed by atoms with Crippen LogP contribution in [0.1, 0.15) is 23.2 Å². The van der Waals surface area contributed by atoms with E-state index in [1.165, 1.54) is 19.5 Å². The molecule has 0 spiro atoms. The van der Waals surface area contributed by atoms with Gasteiger partial charge in [-0.05, 0) is 43.0 Å². The van der Waals surface area contributed by atoms with Crippen LogP contribution in [-0.2, 0) is 23.8 Å². The second-order valence-corrected chi connectivity index (χ2v) is 7.74. The monoisotopic (exact) mass is 433 g/mol. The van der Waals surface area contributed by atoms with E-state index in [0.717, 1.165) is 23.4 Å². The quantitative estimate of drug-likeness (QED) is 0.652. The first kappa shape index (κ1) is 21.0. The Kier molecular flexibility index (Phi) is 5.24. The number of nitrogens with zero attached hydrogens (tertiary/aromatic N) is 3. The lowest BCUT2D eigenvalue weighted by Gasteiger charge is -2.24. The molecule has 0 radical (unpaired) electrons. The molecule has 2 aromatic heterocycles. The van der Waals surface area contributed by atoms with Gasteiger partial charge in [-0.25, -0.2) is 9.97 Å². The van der Waals surface area contributed by atoms with Crippen molar-refractivity contribution in [3.63, 3.8) is 0 Å². The Labute approximate surface area is 176 Å². The molecule has 10 heteroatoms. The van der Waals surface area contributed by atoms with Gasteiger partial charge in [-0.2, -0.15) is 13.2 Å². The largest absolute Gasteiger partial charge is 0.495 e. The van der Waals surface area contributed by atoms with Gasteiger partial charge >= 0.3 is 6.18 Å². The van der Waals surface area contributed by atoms with E-state index in [1.807, 2.05) is 0 Å². The third-order valence-electron chi connectivity index (χ3n) is 5.55.